The third kappa shape index (κ3) is 4.49. The van der Waals surface area contributed by atoms with Gasteiger partial charge in [0.05, 0.1) is 12.2 Å². The minimum atomic E-state index is -0.626. The molecule has 1 aromatic rings. The SMILES string of the molecule is CC1CCC(N(C)CC(=O)Nc2cc(F)ccc2F)CC1. The molecule has 2 rings (SSSR count). The number of halogens is 2. The third-order valence-corrected chi connectivity index (χ3v) is 4.20. The molecule has 1 aliphatic carbocycles. The Bertz CT molecular complexity index is 499. The number of hydrogen-bond donors (Lipinski definition) is 1. The normalized spacial score (nSPS) is 22.3. The molecule has 1 fully saturated rings. The van der Waals surface area contributed by atoms with Crippen LogP contribution < -0.4 is 5.32 Å². The molecule has 0 saturated heterocycles. The van der Waals surface area contributed by atoms with Gasteiger partial charge in [-0.25, -0.2) is 8.78 Å². The zero-order chi connectivity index (χ0) is 15.4. The average molecular weight is 296 g/mol. The Morgan fingerprint density at radius 2 is 1.95 bits per heavy atom. The predicted octanol–water partition coefficient (Wildman–Crippen LogP) is 3.41. The highest BCUT2D eigenvalue weighted by Crippen LogP contribution is 2.26. The number of nitrogens with zero attached hydrogens (tertiary/aromatic N) is 1. The first-order valence-corrected chi connectivity index (χ1v) is 7.41. The highest BCUT2D eigenvalue weighted by atomic mass is 19.1. The standard InChI is InChI=1S/C16H22F2N2O/c1-11-3-6-13(7-4-11)20(2)10-16(21)19-15-9-12(17)5-8-14(15)18/h5,8-9,11,13H,3-4,6-7,10H2,1-2H3,(H,19,21). The van der Waals surface area contributed by atoms with Crippen LogP contribution >= 0.6 is 0 Å². The number of carbonyl (C=O) groups excluding carboxylic acids is 1. The second-order valence-corrected chi connectivity index (χ2v) is 6.00. The molecule has 1 N–H and O–H groups in total. The van der Waals surface area contributed by atoms with Crippen LogP contribution in [0.15, 0.2) is 18.2 Å². The van der Waals surface area contributed by atoms with E-state index < -0.39 is 11.6 Å². The van der Waals surface area contributed by atoms with E-state index in [-0.39, 0.29) is 18.1 Å². The van der Waals surface area contributed by atoms with Crippen LogP contribution in [-0.2, 0) is 4.79 Å². The maximum absolute atomic E-state index is 13.5. The molecule has 21 heavy (non-hydrogen) atoms. The number of benzene rings is 1. The van der Waals surface area contributed by atoms with Gasteiger partial charge in [-0.1, -0.05) is 6.92 Å². The van der Waals surface area contributed by atoms with Gasteiger partial charge in [-0.15, -0.1) is 0 Å². The van der Waals surface area contributed by atoms with Crippen molar-refractivity contribution in [2.75, 3.05) is 18.9 Å². The van der Waals surface area contributed by atoms with Crippen LogP contribution in [0.5, 0.6) is 0 Å². The number of likely N-dealkylation sites (N-methyl/N-ethyl adjacent to an activating group) is 1. The van der Waals surface area contributed by atoms with Crippen molar-refractivity contribution in [2.45, 2.75) is 38.6 Å². The van der Waals surface area contributed by atoms with E-state index in [1.165, 1.54) is 12.8 Å². The van der Waals surface area contributed by atoms with E-state index in [4.69, 9.17) is 0 Å². The van der Waals surface area contributed by atoms with Crippen LogP contribution in [0.2, 0.25) is 0 Å². The summed E-state index contributed by atoms with van der Waals surface area (Å²) in [5, 5.41) is 2.43. The monoisotopic (exact) mass is 296 g/mol. The molecule has 1 amide bonds. The number of carbonyl (C=O) groups is 1. The predicted molar refractivity (Wildman–Crippen MR) is 79.0 cm³/mol. The lowest BCUT2D eigenvalue weighted by Gasteiger charge is -2.33. The summed E-state index contributed by atoms with van der Waals surface area (Å²) in [6.07, 6.45) is 4.52. The van der Waals surface area contributed by atoms with Gasteiger partial charge in [-0.3, -0.25) is 9.69 Å². The van der Waals surface area contributed by atoms with E-state index in [9.17, 15) is 13.6 Å². The molecule has 0 bridgehead atoms. The van der Waals surface area contributed by atoms with Gasteiger partial charge in [0.25, 0.3) is 0 Å². The second-order valence-electron chi connectivity index (χ2n) is 6.00. The topological polar surface area (TPSA) is 32.3 Å². The van der Waals surface area contributed by atoms with Crippen LogP contribution in [0.25, 0.3) is 0 Å². The number of rotatable bonds is 4. The Kier molecular flexibility index (Phi) is 5.28. The van der Waals surface area contributed by atoms with Crippen LogP contribution in [0.1, 0.15) is 32.6 Å². The Morgan fingerprint density at radius 3 is 2.62 bits per heavy atom. The summed E-state index contributed by atoms with van der Waals surface area (Å²) in [6, 6.07) is 3.43. The first-order chi connectivity index (χ1) is 9.95. The highest BCUT2D eigenvalue weighted by Gasteiger charge is 2.23. The molecule has 0 spiro atoms. The van der Waals surface area contributed by atoms with Gasteiger partial charge >= 0.3 is 0 Å². The number of nitrogens with one attached hydrogen (secondary N) is 1. The third-order valence-electron chi connectivity index (χ3n) is 4.20. The zero-order valence-electron chi connectivity index (χ0n) is 12.5. The van der Waals surface area contributed by atoms with Crippen molar-refractivity contribution in [2.24, 2.45) is 5.92 Å². The quantitative estimate of drug-likeness (QED) is 0.923. The molecule has 1 aliphatic rings. The van der Waals surface area contributed by atoms with Crippen molar-refractivity contribution >= 4 is 11.6 Å². The molecule has 0 unspecified atom stereocenters. The van der Waals surface area contributed by atoms with Crippen molar-refractivity contribution in [3.63, 3.8) is 0 Å². The van der Waals surface area contributed by atoms with Gasteiger partial charge in [-0.05, 0) is 50.8 Å². The first-order valence-electron chi connectivity index (χ1n) is 7.41. The molecule has 1 saturated carbocycles. The van der Waals surface area contributed by atoms with Crippen molar-refractivity contribution in [1.82, 2.24) is 4.90 Å². The van der Waals surface area contributed by atoms with E-state index in [0.29, 0.717) is 6.04 Å². The van der Waals surface area contributed by atoms with Gasteiger partial charge < -0.3 is 5.32 Å². The minimum Gasteiger partial charge on any atom is -0.322 e. The van der Waals surface area contributed by atoms with Crippen molar-refractivity contribution in [1.29, 1.82) is 0 Å². The van der Waals surface area contributed by atoms with Crippen molar-refractivity contribution < 1.29 is 13.6 Å². The number of amides is 1. The molecular formula is C16H22F2N2O. The molecule has 0 atom stereocenters. The molecule has 0 aromatic heterocycles. The van der Waals surface area contributed by atoms with Gasteiger partial charge in [0, 0.05) is 12.1 Å². The summed E-state index contributed by atoms with van der Waals surface area (Å²) in [7, 11) is 1.90. The maximum Gasteiger partial charge on any atom is 0.238 e. The van der Waals surface area contributed by atoms with Gasteiger partial charge in [0.1, 0.15) is 11.6 Å². The summed E-state index contributed by atoms with van der Waals surface area (Å²) in [6.45, 7) is 2.44. The molecular weight excluding hydrogens is 274 g/mol. The van der Waals surface area contributed by atoms with Gasteiger partial charge in [-0.2, -0.15) is 0 Å². The molecule has 0 aliphatic heterocycles. The van der Waals surface area contributed by atoms with Gasteiger partial charge in [0.2, 0.25) is 5.91 Å². The van der Waals surface area contributed by atoms with E-state index in [1.807, 2.05) is 11.9 Å². The Balaban J connectivity index is 1.88. The lowest BCUT2D eigenvalue weighted by molar-refractivity contribution is -0.117. The molecule has 1 aromatic carbocycles. The fraction of sp³-hybridized carbons (Fsp3) is 0.562. The fourth-order valence-electron chi connectivity index (χ4n) is 2.82. The summed E-state index contributed by atoms with van der Waals surface area (Å²) < 4.78 is 26.5. The van der Waals surface area contributed by atoms with Crippen LogP contribution in [0, 0.1) is 17.6 Å². The van der Waals surface area contributed by atoms with E-state index >= 15 is 0 Å². The van der Waals surface area contributed by atoms with E-state index in [0.717, 1.165) is 37.0 Å². The first kappa shape index (κ1) is 15.9. The molecule has 0 radical (unpaired) electrons. The Morgan fingerprint density at radius 1 is 1.29 bits per heavy atom. The summed E-state index contributed by atoms with van der Waals surface area (Å²) in [5.41, 5.74) is -0.106. The lowest BCUT2D eigenvalue weighted by Crippen LogP contribution is -2.40. The lowest BCUT2D eigenvalue weighted by atomic mass is 9.87. The molecule has 116 valence electrons. The average Bonchev–Trinajstić information content (AvgIpc) is 2.43. The number of hydrogen-bond acceptors (Lipinski definition) is 2. The summed E-state index contributed by atoms with van der Waals surface area (Å²) >= 11 is 0. The van der Waals surface area contributed by atoms with Crippen molar-refractivity contribution in [3.05, 3.63) is 29.8 Å². The molecule has 3 nitrogen and oxygen atoms in total. The van der Waals surface area contributed by atoms with Crippen LogP contribution in [0.4, 0.5) is 14.5 Å². The minimum absolute atomic E-state index is 0.106. The second kappa shape index (κ2) is 6.98. The largest absolute Gasteiger partial charge is 0.322 e. The molecule has 5 heteroatoms. The summed E-state index contributed by atoms with van der Waals surface area (Å²) in [5.74, 6) is -0.759. The Labute approximate surface area is 124 Å². The highest BCUT2D eigenvalue weighted by molar-refractivity contribution is 5.92. The molecule has 0 heterocycles. The summed E-state index contributed by atoms with van der Waals surface area (Å²) in [4.78, 5) is 13.9. The van der Waals surface area contributed by atoms with Crippen LogP contribution in [0.3, 0.4) is 0 Å². The zero-order valence-corrected chi connectivity index (χ0v) is 12.5. The van der Waals surface area contributed by atoms with E-state index in [2.05, 4.69) is 12.2 Å². The Hall–Kier alpha value is -1.49. The fourth-order valence-corrected chi connectivity index (χ4v) is 2.82. The van der Waals surface area contributed by atoms with Crippen LogP contribution in [-0.4, -0.2) is 30.4 Å². The van der Waals surface area contributed by atoms with Crippen molar-refractivity contribution in [3.8, 4) is 0 Å². The van der Waals surface area contributed by atoms with Gasteiger partial charge in [0.15, 0.2) is 0 Å². The smallest absolute Gasteiger partial charge is 0.238 e. The van der Waals surface area contributed by atoms with E-state index in [1.54, 1.807) is 0 Å². The number of anilines is 1. The maximum atomic E-state index is 13.5.